The molecule has 1 aliphatic heterocycles. The van der Waals surface area contributed by atoms with Crippen LogP contribution < -0.4 is 4.90 Å². The van der Waals surface area contributed by atoms with Gasteiger partial charge in [-0.1, -0.05) is 35.1 Å². The Balaban J connectivity index is 1.45. The molecule has 1 fully saturated rings. The summed E-state index contributed by atoms with van der Waals surface area (Å²) in [6.07, 6.45) is 0.904. The lowest BCUT2D eigenvalue weighted by Gasteiger charge is -2.32. The fourth-order valence-corrected chi connectivity index (χ4v) is 4.44. The van der Waals surface area contributed by atoms with Crippen LogP contribution in [0.4, 0.5) is 5.13 Å². The van der Waals surface area contributed by atoms with Crippen molar-refractivity contribution in [2.75, 3.05) is 24.6 Å². The molecule has 0 radical (unpaired) electrons. The summed E-state index contributed by atoms with van der Waals surface area (Å²) in [6.45, 7) is 2.40. The number of nitrogens with zero attached hydrogens (tertiary/aromatic N) is 3. The average molecular weight is 378 g/mol. The van der Waals surface area contributed by atoms with E-state index in [9.17, 15) is 0 Å². The molecule has 1 atom stereocenters. The maximum atomic E-state index is 5.93. The van der Waals surface area contributed by atoms with Gasteiger partial charge in [-0.05, 0) is 40.1 Å². The van der Waals surface area contributed by atoms with E-state index in [1.807, 2.05) is 24.3 Å². The van der Waals surface area contributed by atoms with E-state index in [0.717, 1.165) is 34.7 Å². The molecule has 0 saturated carbocycles. The minimum absolute atomic E-state index is 0.119. The number of ether oxygens (including phenoxy) is 1. The van der Waals surface area contributed by atoms with E-state index in [-0.39, 0.29) is 6.10 Å². The molecule has 3 aromatic rings. The monoisotopic (exact) mass is 377 g/mol. The quantitative estimate of drug-likeness (QED) is 0.674. The Morgan fingerprint density at radius 3 is 2.88 bits per heavy atom. The zero-order valence-corrected chi connectivity index (χ0v) is 15.3. The Labute approximate surface area is 153 Å². The van der Waals surface area contributed by atoms with Gasteiger partial charge in [0.15, 0.2) is 0 Å². The van der Waals surface area contributed by atoms with Crippen LogP contribution in [0, 0.1) is 0 Å². The Morgan fingerprint density at radius 1 is 1.21 bits per heavy atom. The van der Waals surface area contributed by atoms with Crippen LogP contribution in [0.15, 0.2) is 41.1 Å². The van der Waals surface area contributed by atoms with Gasteiger partial charge in [-0.15, -0.1) is 10.2 Å². The molecule has 1 unspecified atom stereocenters. The summed E-state index contributed by atoms with van der Waals surface area (Å²) in [5, 5.41) is 15.7. The maximum absolute atomic E-state index is 5.93. The third-order valence-electron chi connectivity index (χ3n) is 3.98. The second-order valence-corrected chi connectivity index (χ2v) is 7.90. The van der Waals surface area contributed by atoms with Crippen molar-refractivity contribution in [2.45, 2.75) is 12.5 Å². The third-order valence-corrected chi connectivity index (χ3v) is 5.91. The summed E-state index contributed by atoms with van der Waals surface area (Å²) in [5.41, 5.74) is 2.44. The van der Waals surface area contributed by atoms with Gasteiger partial charge < -0.3 is 9.64 Å². The van der Waals surface area contributed by atoms with Crippen LogP contribution in [0.5, 0.6) is 0 Å². The first kappa shape index (κ1) is 16.0. The normalized spacial score (nSPS) is 18.0. The minimum atomic E-state index is 0.119. The molecule has 1 saturated heterocycles. The van der Waals surface area contributed by atoms with Crippen molar-refractivity contribution in [3.05, 3.63) is 62.2 Å². The van der Waals surface area contributed by atoms with Crippen molar-refractivity contribution in [1.82, 2.24) is 10.2 Å². The molecule has 0 spiro atoms. The van der Waals surface area contributed by atoms with E-state index >= 15 is 0 Å². The molecule has 3 heterocycles. The van der Waals surface area contributed by atoms with Crippen LogP contribution in [0.2, 0.25) is 5.02 Å². The second kappa shape index (κ2) is 7.19. The van der Waals surface area contributed by atoms with E-state index in [0.29, 0.717) is 6.61 Å². The number of hydrogen-bond acceptors (Lipinski definition) is 6. The van der Waals surface area contributed by atoms with Crippen LogP contribution in [-0.4, -0.2) is 29.9 Å². The van der Waals surface area contributed by atoms with Crippen LogP contribution in [0.25, 0.3) is 0 Å². The fraction of sp³-hybridized carbons (Fsp3) is 0.294. The Kier molecular flexibility index (Phi) is 4.80. The first-order chi connectivity index (χ1) is 11.8. The molecule has 4 nitrogen and oxygen atoms in total. The standard InChI is InChI=1S/C17H16ClN3OS2/c18-14-3-1-12(2-4-14)9-16-19-20-17(24-16)21-6-7-22-15(10-21)13-5-8-23-11-13/h1-5,8,11,15H,6-7,9-10H2. The highest BCUT2D eigenvalue weighted by Gasteiger charge is 2.24. The van der Waals surface area contributed by atoms with Gasteiger partial charge in [0.25, 0.3) is 0 Å². The van der Waals surface area contributed by atoms with Gasteiger partial charge in [-0.2, -0.15) is 11.3 Å². The maximum Gasteiger partial charge on any atom is 0.208 e. The highest BCUT2D eigenvalue weighted by atomic mass is 35.5. The lowest BCUT2D eigenvalue weighted by molar-refractivity contribution is 0.0400. The Morgan fingerprint density at radius 2 is 2.08 bits per heavy atom. The van der Waals surface area contributed by atoms with Crippen LogP contribution >= 0.6 is 34.3 Å². The first-order valence-corrected chi connectivity index (χ1v) is 9.87. The zero-order chi connectivity index (χ0) is 16.4. The summed E-state index contributed by atoms with van der Waals surface area (Å²) >= 11 is 9.29. The zero-order valence-electron chi connectivity index (χ0n) is 12.9. The molecule has 2 aromatic heterocycles. The molecule has 7 heteroatoms. The summed E-state index contributed by atoms with van der Waals surface area (Å²) < 4.78 is 5.90. The topological polar surface area (TPSA) is 38.2 Å². The van der Waals surface area contributed by atoms with E-state index in [4.69, 9.17) is 16.3 Å². The fourth-order valence-electron chi connectivity index (χ4n) is 2.70. The predicted molar refractivity (Wildman–Crippen MR) is 99.4 cm³/mol. The molecule has 24 heavy (non-hydrogen) atoms. The van der Waals surface area contributed by atoms with Crippen LogP contribution in [-0.2, 0) is 11.2 Å². The highest BCUT2D eigenvalue weighted by molar-refractivity contribution is 7.15. The molecule has 0 amide bonds. The van der Waals surface area contributed by atoms with Crippen molar-refractivity contribution in [3.63, 3.8) is 0 Å². The van der Waals surface area contributed by atoms with Gasteiger partial charge in [0.1, 0.15) is 11.1 Å². The largest absolute Gasteiger partial charge is 0.370 e. The highest BCUT2D eigenvalue weighted by Crippen LogP contribution is 2.29. The van der Waals surface area contributed by atoms with Crippen molar-refractivity contribution in [2.24, 2.45) is 0 Å². The smallest absolute Gasteiger partial charge is 0.208 e. The molecule has 124 valence electrons. The van der Waals surface area contributed by atoms with Gasteiger partial charge in [0.2, 0.25) is 5.13 Å². The summed E-state index contributed by atoms with van der Waals surface area (Å²) in [5.74, 6) is 0. The average Bonchev–Trinajstić information content (AvgIpc) is 3.29. The van der Waals surface area contributed by atoms with Gasteiger partial charge in [-0.25, -0.2) is 0 Å². The van der Waals surface area contributed by atoms with E-state index in [1.165, 1.54) is 11.1 Å². The molecule has 0 N–H and O–H groups in total. The van der Waals surface area contributed by atoms with E-state index in [2.05, 4.69) is 31.9 Å². The SMILES string of the molecule is Clc1ccc(Cc2nnc(N3CCOC(c4ccsc4)C3)s2)cc1. The molecule has 4 rings (SSSR count). The molecule has 1 aromatic carbocycles. The number of anilines is 1. The van der Waals surface area contributed by atoms with Crippen LogP contribution in [0.3, 0.4) is 0 Å². The number of hydrogen-bond donors (Lipinski definition) is 0. The molecular formula is C17H16ClN3OS2. The molecule has 0 aliphatic carbocycles. The number of morpholine rings is 1. The second-order valence-electron chi connectivity index (χ2n) is 5.64. The number of halogens is 1. The van der Waals surface area contributed by atoms with Gasteiger partial charge in [0.05, 0.1) is 13.2 Å². The number of aromatic nitrogens is 2. The first-order valence-electron chi connectivity index (χ1n) is 7.73. The minimum Gasteiger partial charge on any atom is -0.370 e. The number of benzene rings is 1. The van der Waals surface area contributed by atoms with E-state index in [1.54, 1.807) is 22.7 Å². The lowest BCUT2D eigenvalue weighted by atomic mass is 10.1. The Hall–Kier alpha value is -1.47. The number of thiophene rings is 1. The third kappa shape index (κ3) is 3.62. The summed E-state index contributed by atoms with van der Waals surface area (Å²) in [6, 6.07) is 10.0. The van der Waals surface area contributed by atoms with Crippen molar-refractivity contribution < 1.29 is 4.74 Å². The summed E-state index contributed by atoms with van der Waals surface area (Å²) in [4.78, 5) is 2.27. The van der Waals surface area contributed by atoms with Crippen LogP contribution in [0.1, 0.15) is 22.2 Å². The van der Waals surface area contributed by atoms with Gasteiger partial charge in [-0.3, -0.25) is 0 Å². The van der Waals surface area contributed by atoms with E-state index < -0.39 is 0 Å². The molecule has 0 bridgehead atoms. The van der Waals surface area contributed by atoms with Gasteiger partial charge in [0, 0.05) is 18.0 Å². The van der Waals surface area contributed by atoms with Gasteiger partial charge >= 0.3 is 0 Å². The van der Waals surface area contributed by atoms with Crippen molar-refractivity contribution in [1.29, 1.82) is 0 Å². The number of rotatable bonds is 4. The molecule has 1 aliphatic rings. The molecular weight excluding hydrogens is 362 g/mol. The van der Waals surface area contributed by atoms with Crippen molar-refractivity contribution >= 4 is 39.4 Å². The predicted octanol–water partition coefficient (Wildman–Crippen LogP) is 4.42. The lowest BCUT2D eigenvalue weighted by Crippen LogP contribution is -2.38. The Bertz CT molecular complexity index is 789. The summed E-state index contributed by atoms with van der Waals surface area (Å²) in [7, 11) is 0. The van der Waals surface area contributed by atoms with Crippen molar-refractivity contribution in [3.8, 4) is 0 Å².